The summed E-state index contributed by atoms with van der Waals surface area (Å²) in [5.74, 6) is 0. The maximum atomic E-state index is 10.6. The highest BCUT2D eigenvalue weighted by molar-refractivity contribution is 7.19. The van der Waals surface area contributed by atoms with Crippen LogP contribution in [0, 0.1) is 34.0 Å². The van der Waals surface area contributed by atoms with Gasteiger partial charge >= 0.3 is 0 Å². The lowest BCUT2D eigenvalue weighted by Crippen LogP contribution is -2.74. The molecule has 0 unspecified atom stereocenters. The van der Waals surface area contributed by atoms with Crippen LogP contribution in [0.5, 0.6) is 0 Å². The number of benzene rings is 7. The smallest absolute Gasteiger partial charge is 0.179 e. The zero-order valence-electron chi connectivity index (χ0n) is 27.0. The summed E-state index contributed by atoms with van der Waals surface area (Å²) in [7, 11) is -2.73. The second-order valence-corrected chi connectivity index (χ2v) is 16.0. The van der Waals surface area contributed by atoms with Crippen molar-refractivity contribution in [3.05, 3.63) is 187 Å². The number of rotatable bonds is 6. The number of nitrogens with zero attached hydrogens (tertiary/aromatic N) is 4. The molecule has 0 fully saturated rings. The van der Waals surface area contributed by atoms with Crippen molar-refractivity contribution in [1.29, 1.82) is 15.8 Å². The van der Waals surface area contributed by atoms with Crippen LogP contribution in [-0.2, 0) is 0 Å². The van der Waals surface area contributed by atoms with E-state index in [0.29, 0.717) is 22.4 Å². The van der Waals surface area contributed by atoms with Crippen molar-refractivity contribution in [3.8, 4) is 35.0 Å². The van der Waals surface area contributed by atoms with Crippen molar-refractivity contribution >= 4 is 50.6 Å². The summed E-state index contributed by atoms with van der Waals surface area (Å²) >= 11 is 0. The fourth-order valence-electron chi connectivity index (χ4n) is 7.51. The molecule has 4 nitrogen and oxygen atoms in total. The van der Waals surface area contributed by atoms with Gasteiger partial charge in [-0.05, 0) is 56.6 Å². The lowest BCUT2D eigenvalue weighted by molar-refractivity contribution is 1.16. The molecule has 0 radical (unpaired) electrons. The first kappa shape index (κ1) is 30.4. The Labute approximate surface area is 291 Å². The number of aromatic nitrogens is 1. The molecule has 0 saturated carbocycles. The predicted octanol–water partition coefficient (Wildman–Crippen LogP) is 7.44. The number of fused-ring (bicyclic) bond motifs is 3. The van der Waals surface area contributed by atoms with Crippen LogP contribution in [0.1, 0.15) is 16.7 Å². The molecular formula is C45H28N4Si. The molecule has 0 spiro atoms. The lowest BCUT2D eigenvalue weighted by Gasteiger charge is -2.34. The van der Waals surface area contributed by atoms with Gasteiger partial charge in [0.05, 0.1) is 39.5 Å². The molecule has 0 N–H and O–H groups in total. The number of para-hydroxylation sites is 1. The fraction of sp³-hybridized carbons (Fsp3) is 0. The van der Waals surface area contributed by atoms with Crippen molar-refractivity contribution < 1.29 is 0 Å². The zero-order chi connectivity index (χ0) is 34.1. The van der Waals surface area contributed by atoms with Gasteiger partial charge in [-0.25, -0.2) is 0 Å². The molecular weight excluding hydrogens is 625 g/mol. The molecule has 0 saturated heterocycles. The van der Waals surface area contributed by atoms with Crippen LogP contribution in [0.4, 0.5) is 0 Å². The summed E-state index contributed by atoms with van der Waals surface area (Å²) in [4.78, 5) is 0. The second-order valence-electron chi connectivity index (χ2n) is 12.2. The van der Waals surface area contributed by atoms with Gasteiger partial charge in [0, 0.05) is 16.3 Å². The molecule has 5 heteroatoms. The highest BCUT2D eigenvalue weighted by Crippen LogP contribution is 2.39. The van der Waals surface area contributed by atoms with Gasteiger partial charge in [0.1, 0.15) is 12.1 Å². The number of hydrogen-bond donors (Lipinski definition) is 0. The van der Waals surface area contributed by atoms with E-state index in [1.54, 1.807) is 12.1 Å². The molecule has 0 aliphatic heterocycles. The Bertz CT molecular complexity index is 2560. The third-order valence-electron chi connectivity index (χ3n) is 9.68. The van der Waals surface area contributed by atoms with Gasteiger partial charge in [-0.15, -0.1) is 0 Å². The molecule has 0 aliphatic rings. The predicted molar refractivity (Wildman–Crippen MR) is 204 cm³/mol. The maximum absolute atomic E-state index is 10.6. The molecule has 0 aliphatic carbocycles. The molecule has 232 valence electrons. The molecule has 0 atom stereocenters. The minimum Gasteiger partial charge on any atom is -0.307 e. The van der Waals surface area contributed by atoms with E-state index in [-0.39, 0.29) is 0 Å². The summed E-state index contributed by atoms with van der Waals surface area (Å²) in [6.07, 6.45) is 0. The van der Waals surface area contributed by atoms with E-state index in [2.05, 4.69) is 138 Å². The molecule has 0 bridgehead atoms. The largest absolute Gasteiger partial charge is 0.307 e. The van der Waals surface area contributed by atoms with Crippen LogP contribution in [0.3, 0.4) is 0 Å². The first-order valence-corrected chi connectivity index (χ1v) is 18.4. The summed E-state index contributed by atoms with van der Waals surface area (Å²) in [5, 5.41) is 37.4. The normalized spacial score (nSPS) is 11.1. The molecule has 0 amide bonds. The highest BCUT2D eigenvalue weighted by Gasteiger charge is 2.41. The highest BCUT2D eigenvalue weighted by atomic mass is 28.3. The van der Waals surface area contributed by atoms with Crippen LogP contribution >= 0.6 is 0 Å². The third kappa shape index (κ3) is 4.72. The molecule has 50 heavy (non-hydrogen) atoms. The van der Waals surface area contributed by atoms with E-state index < -0.39 is 8.07 Å². The second kappa shape index (κ2) is 12.6. The van der Waals surface area contributed by atoms with Crippen molar-refractivity contribution in [2.75, 3.05) is 0 Å². The van der Waals surface area contributed by atoms with Crippen LogP contribution in [0.15, 0.2) is 170 Å². The van der Waals surface area contributed by atoms with E-state index in [4.69, 9.17) is 0 Å². The standard InChI is InChI=1S/C45H28N4Si/c46-29-32-20-27-44-41(28-32)40-18-10-11-19-43(40)49(44)45-39(26-23-34(30-47)42(45)31-48)33-21-24-38(25-22-33)50(35-12-4-1-5-13-35,36-14-6-2-7-15-36)37-16-8-3-9-17-37/h1-28H. The SMILES string of the molecule is N#Cc1ccc2c(c1)c1ccccc1n2-c1c(-c2ccc([Si](c3ccccc3)(c3ccccc3)c3ccccc3)cc2)ccc(C#N)c1C#N. The average molecular weight is 653 g/mol. The number of nitriles is 3. The first-order chi connectivity index (χ1) is 24.7. The zero-order valence-corrected chi connectivity index (χ0v) is 28.0. The Morgan fingerprint density at radius 2 is 0.980 bits per heavy atom. The van der Waals surface area contributed by atoms with Crippen molar-refractivity contribution in [3.63, 3.8) is 0 Å². The molecule has 8 aromatic rings. The van der Waals surface area contributed by atoms with Crippen molar-refractivity contribution in [1.82, 2.24) is 4.57 Å². The number of hydrogen-bond acceptors (Lipinski definition) is 3. The van der Waals surface area contributed by atoms with E-state index in [9.17, 15) is 15.8 Å². The van der Waals surface area contributed by atoms with Gasteiger partial charge in [-0.1, -0.05) is 140 Å². The fourth-order valence-corrected chi connectivity index (χ4v) is 12.3. The molecule has 8 rings (SSSR count). The summed E-state index contributed by atoms with van der Waals surface area (Å²) < 4.78 is 2.07. The Kier molecular flexibility index (Phi) is 7.63. The average Bonchev–Trinajstić information content (AvgIpc) is 3.52. The Morgan fingerprint density at radius 3 is 1.54 bits per heavy atom. The van der Waals surface area contributed by atoms with Crippen molar-refractivity contribution in [2.24, 2.45) is 0 Å². The Morgan fingerprint density at radius 1 is 0.440 bits per heavy atom. The van der Waals surface area contributed by atoms with E-state index in [1.807, 2.05) is 42.5 Å². The first-order valence-electron chi connectivity index (χ1n) is 16.4. The van der Waals surface area contributed by atoms with Gasteiger partial charge < -0.3 is 4.57 Å². The van der Waals surface area contributed by atoms with Gasteiger partial charge in [0.25, 0.3) is 0 Å². The minimum absolute atomic E-state index is 0.308. The lowest BCUT2D eigenvalue weighted by atomic mass is 9.96. The van der Waals surface area contributed by atoms with E-state index >= 15 is 0 Å². The van der Waals surface area contributed by atoms with Crippen LogP contribution in [0.2, 0.25) is 0 Å². The quantitative estimate of drug-likeness (QED) is 0.138. The monoisotopic (exact) mass is 652 g/mol. The van der Waals surface area contributed by atoms with Crippen LogP contribution in [-0.4, -0.2) is 12.6 Å². The summed E-state index contributed by atoms with van der Waals surface area (Å²) in [5.41, 5.74) is 5.35. The Hall–Kier alpha value is -6.97. The van der Waals surface area contributed by atoms with E-state index in [1.165, 1.54) is 20.7 Å². The minimum atomic E-state index is -2.73. The molecule has 1 aromatic heterocycles. The third-order valence-corrected chi connectivity index (χ3v) is 14.5. The van der Waals surface area contributed by atoms with Crippen LogP contribution < -0.4 is 20.7 Å². The molecule has 1 heterocycles. The van der Waals surface area contributed by atoms with Gasteiger partial charge in [0.15, 0.2) is 8.07 Å². The Balaban J connectivity index is 1.40. The van der Waals surface area contributed by atoms with Crippen LogP contribution in [0.25, 0.3) is 38.6 Å². The van der Waals surface area contributed by atoms with Gasteiger partial charge in [0.2, 0.25) is 0 Å². The van der Waals surface area contributed by atoms with Crippen molar-refractivity contribution in [2.45, 2.75) is 0 Å². The molecule has 7 aromatic carbocycles. The topological polar surface area (TPSA) is 76.3 Å². The summed E-state index contributed by atoms with van der Waals surface area (Å²) in [6.45, 7) is 0. The van der Waals surface area contributed by atoms with Gasteiger partial charge in [-0.2, -0.15) is 15.8 Å². The maximum Gasteiger partial charge on any atom is 0.179 e. The van der Waals surface area contributed by atoms with Gasteiger partial charge in [-0.3, -0.25) is 0 Å². The van der Waals surface area contributed by atoms with E-state index in [0.717, 1.165) is 32.9 Å². The summed E-state index contributed by atoms with van der Waals surface area (Å²) in [6, 6.07) is 65.4.